The first-order valence-electron chi connectivity index (χ1n) is 7.78. The molecule has 0 bridgehead atoms. The molecule has 1 fully saturated rings. The molecule has 0 radical (unpaired) electrons. The van der Waals surface area contributed by atoms with Crippen molar-refractivity contribution in [1.82, 2.24) is 0 Å². The molecule has 0 saturated heterocycles. The Morgan fingerprint density at radius 3 is 2.55 bits per heavy atom. The highest BCUT2D eigenvalue weighted by Crippen LogP contribution is 2.29. The van der Waals surface area contributed by atoms with E-state index in [1.807, 2.05) is 0 Å². The van der Waals surface area contributed by atoms with Crippen molar-refractivity contribution >= 4 is 5.69 Å². The van der Waals surface area contributed by atoms with Gasteiger partial charge in [0.25, 0.3) is 0 Å². The lowest BCUT2D eigenvalue weighted by atomic mass is 10.1. The van der Waals surface area contributed by atoms with E-state index in [4.69, 9.17) is 9.47 Å². The molecule has 1 N–H and O–H groups in total. The molecule has 1 aliphatic rings. The van der Waals surface area contributed by atoms with Crippen molar-refractivity contribution in [2.24, 2.45) is 0 Å². The number of benzene rings is 1. The zero-order chi connectivity index (χ0) is 14.2. The van der Waals surface area contributed by atoms with Gasteiger partial charge in [0, 0.05) is 13.2 Å². The van der Waals surface area contributed by atoms with E-state index in [1.54, 1.807) is 7.11 Å². The predicted molar refractivity (Wildman–Crippen MR) is 83.7 cm³/mol. The van der Waals surface area contributed by atoms with Crippen LogP contribution in [0.25, 0.3) is 0 Å². The van der Waals surface area contributed by atoms with Crippen molar-refractivity contribution in [3.05, 3.63) is 23.8 Å². The van der Waals surface area contributed by atoms with Gasteiger partial charge in [0.05, 0.1) is 12.3 Å². The monoisotopic (exact) mass is 277 g/mol. The maximum absolute atomic E-state index is 5.84. The van der Waals surface area contributed by atoms with Crippen LogP contribution in [0.4, 0.5) is 5.69 Å². The molecule has 2 rings (SSSR count). The normalized spacial score (nSPS) is 16.7. The van der Waals surface area contributed by atoms with Crippen molar-refractivity contribution in [3.8, 4) is 5.75 Å². The summed E-state index contributed by atoms with van der Waals surface area (Å²) in [6.07, 6.45) is 7.97. The topological polar surface area (TPSA) is 30.5 Å². The van der Waals surface area contributed by atoms with Gasteiger partial charge in [-0.1, -0.05) is 31.7 Å². The van der Waals surface area contributed by atoms with E-state index in [1.165, 1.54) is 44.1 Å². The predicted octanol–water partition coefficient (Wildman–Crippen LogP) is 4.15. The largest absolute Gasteiger partial charge is 0.489 e. The molecule has 0 spiro atoms. The van der Waals surface area contributed by atoms with Crippen LogP contribution in [-0.4, -0.2) is 26.4 Å². The van der Waals surface area contributed by atoms with Crippen molar-refractivity contribution in [1.29, 1.82) is 0 Å². The number of nitrogens with one attached hydrogen (secondary N) is 1. The van der Waals surface area contributed by atoms with Crippen LogP contribution in [0, 0.1) is 6.92 Å². The first kappa shape index (κ1) is 15.2. The highest BCUT2D eigenvalue weighted by Gasteiger charge is 2.14. The Kier molecular flexibility index (Phi) is 6.19. The summed E-state index contributed by atoms with van der Waals surface area (Å²) in [5.74, 6) is 0.950. The van der Waals surface area contributed by atoms with Gasteiger partial charge in [-0.2, -0.15) is 0 Å². The second-order valence-electron chi connectivity index (χ2n) is 5.67. The minimum absolute atomic E-state index is 0.588. The van der Waals surface area contributed by atoms with E-state index < -0.39 is 0 Å². The number of rotatable bonds is 6. The Bertz CT molecular complexity index is 398. The van der Waals surface area contributed by atoms with Gasteiger partial charge in [-0.25, -0.2) is 0 Å². The molecule has 3 nitrogen and oxygen atoms in total. The van der Waals surface area contributed by atoms with Crippen molar-refractivity contribution in [2.45, 2.75) is 51.5 Å². The Morgan fingerprint density at radius 2 is 1.85 bits per heavy atom. The molecule has 1 aliphatic carbocycles. The molecule has 112 valence electrons. The third kappa shape index (κ3) is 4.71. The molecule has 0 unspecified atom stereocenters. The van der Waals surface area contributed by atoms with E-state index in [9.17, 15) is 0 Å². The highest BCUT2D eigenvalue weighted by atomic mass is 16.5. The number of methoxy groups -OCH3 is 1. The lowest BCUT2D eigenvalue weighted by Gasteiger charge is -2.20. The summed E-state index contributed by atoms with van der Waals surface area (Å²) in [6.45, 7) is 3.31. The fourth-order valence-corrected chi connectivity index (χ4v) is 2.75. The number of hydrogen-bond acceptors (Lipinski definition) is 3. The lowest BCUT2D eigenvalue weighted by molar-refractivity contribution is 0.146. The van der Waals surface area contributed by atoms with E-state index in [2.05, 4.69) is 30.4 Å². The van der Waals surface area contributed by atoms with Crippen LogP contribution in [0.5, 0.6) is 5.75 Å². The molecule has 1 aromatic rings. The number of hydrogen-bond donors (Lipinski definition) is 1. The first-order valence-corrected chi connectivity index (χ1v) is 7.78. The summed E-state index contributed by atoms with van der Waals surface area (Å²) in [6, 6.07) is 6.98. The molecule has 0 aliphatic heterocycles. The number of ether oxygens (including phenoxy) is 2. The van der Waals surface area contributed by atoms with Crippen LogP contribution in [0.3, 0.4) is 0 Å². The third-order valence-corrected chi connectivity index (χ3v) is 3.90. The van der Waals surface area contributed by atoms with Gasteiger partial charge < -0.3 is 14.8 Å². The molecule has 0 heterocycles. The second-order valence-corrected chi connectivity index (χ2v) is 5.67. The number of aryl methyl sites for hydroxylation is 1. The Hall–Kier alpha value is -1.22. The Balaban J connectivity index is 2.01. The van der Waals surface area contributed by atoms with Crippen LogP contribution in [0.2, 0.25) is 0 Å². The molecule has 0 atom stereocenters. The smallest absolute Gasteiger partial charge is 0.142 e. The minimum atomic E-state index is 0.588. The van der Waals surface area contributed by atoms with Crippen LogP contribution in [0.15, 0.2) is 18.2 Å². The molecule has 1 saturated carbocycles. The van der Waals surface area contributed by atoms with E-state index in [0.29, 0.717) is 19.3 Å². The lowest BCUT2D eigenvalue weighted by Crippen LogP contribution is -2.19. The van der Waals surface area contributed by atoms with E-state index >= 15 is 0 Å². The van der Waals surface area contributed by atoms with Gasteiger partial charge >= 0.3 is 0 Å². The average molecular weight is 277 g/mol. The van der Waals surface area contributed by atoms with Gasteiger partial charge in [0.15, 0.2) is 0 Å². The molecule has 3 heteroatoms. The van der Waals surface area contributed by atoms with Gasteiger partial charge in [0.1, 0.15) is 12.4 Å². The summed E-state index contributed by atoms with van der Waals surface area (Å²) in [4.78, 5) is 0. The van der Waals surface area contributed by atoms with Crippen molar-refractivity contribution in [2.75, 3.05) is 25.6 Å². The van der Waals surface area contributed by atoms with Crippen LogP contribution in [-0.2, 0) is 4.74 Å². The molecule has 0 amide bonds. The zero-order valence-electron chi connectivity index (χ0n) is 12.8. The van der Waals surface area contributed by atoms with Crippen molar-refractivity contribution < 1.29 is 9.47 Å². The van der Waals surface area contributed by atoms with Gasteiger partial charge in [-0.3, -0.25) is 0 Å². The van der Waals surface area contributed by atoms with E-state index in [-0.39, 0.29) is 0 Å². The SMILES string of the molecule is COCCOc1cc(C)ccc1NC1CCCCCC1. The summed E-state index contributed by atoms with van der Waals surface area (Å²) >= 11 is 0. The molecule has 20 heavy (non-hydrogen) atoms. The summed E-state index contributed by atoms with van der Waals surface area (Å²) in [7, 11) is 1.70. The van der Waals surface area contributed by atoms with Crippen LogP contribution in [0.1, 0.15) is 44.1 Å². The quantitative estimate of drug-likeness (QED) is 0.626. The Morgan fingerprint density at radius 1 is 1.10 bits per heavy atom. The average Bonchev–Trinajstić information content (AvgIpc) is 2.70. The summed E-state index contributed by atoms with van der Waals surface area (Å²) in [5.41, 5.74) is 2.35. The fraction of sp³-hybridized carbons (Fsp3) is 0.647. The maximum Gasteiger partial charge on any atom is 0.142 e. The number of anilines is 1. The van der Waals surface area contributed by atoms with Crippen LogP contribution >= 0.6 is 0 Å². The van der Waals surface area contributed by atoms with Gasteiger partial charge in [-0.15, -0.1) is 0 Å². The highest BCUT2D eigenvalue weighted by molar-refractivity contribution is 5.58. The standard InChI is InChI=1S/C17H27NO2/c1-14-9-10-16(17(13-14)20-12-11-19-2)18-15-7-5-3-4-6-8-15/h9-10,13,15,18H,3-8,11-12H2,1-2H3. The molecule has 1 aromatic carbocycles. The summed E-state index contributed by atoms with van der Waals surface area (Å²) < 4.78 is 10.9. The third-order valence-electron chi connectivity index (χ3n) is 3.90. The molecule has 0 aromatic heterocycles. The van der Waals surface area contributed by atoms with E-state index in [0.717, 1.165) is 11.4 Å². The Labute approximate surface area is 122 Å². The summed E-state index contributed by atoms with van der Waals surface area (Å²) in [5, 5.41) is 3.68. The molecular weight excluding hydrogens is 250 g/mol. The van der Waals surface area contributed by atoms with Gasteiger partial charge in [-0.05, 0) is 37.5 Å². The van der Waals surface area contributed by atoms with Crippen LogP contribution < -0.4 is 10.1 Å². The second kappa shape index (κ2) is 8.15. The zero-order valence-corrected chi connectivity index (χ0v) is 12.8. The van der Waals surface area contributed by atoms with Gasteiger partial charge in [0.2, 0.25) is 0 Å². The fourth-order valence-electron chi connectivity index (χ4n) is 2.75. The minimum Gasteiger partial charge on any atom is -0.489 e. The first-order chi connectivity index (χ1) is 9.79. The molecular formula is C17H27NO2. The maximum atomic E-state index is 5.84. The van der Waals surface area contributed by atoms with Crippen molar-refractivity contribution in [3.63, 3.8) is 0 Å².